The number of aromatic nitrogens is 2. The van der Waals surface area contributed by atoms with E-state index in [0.29, 0.717) is 42.3 Å². The number of benzene rings is 3. The third kappa shape index (κ3) is 4.95. The molecule has 9 heteroatoms. The minimum Gasteiger partial charge on any atom is -0.492 e. The number of aliphatic carboxylic acids is 1. The van der Waals surface area contributed by atoms with E-state index in [0.717, 1.165) is 38.9 Å². The number of ether oxygens (including phenoxy) is 2. The van der Waals surface area contributed by atoms with Gasteiger partial charge in [-0.1, -0.05) is 17.3 Å². The van der Waals surface area contributed by atoms with Crippen molar-refractivity contribution in [1.29, 1.82) is 0 Å². The van der Waals surface area contributed by atoms with Crippen LogP contribution in [0.2, 0.25) is 0 Å². The lowest BCUT2D eigenvalue weighted by molar-refractivity contribution is -0.137. The van der Waals surface area contributed by atoms with Crippen LogP contribution in [0.5, 0.6) is 11.5 Å². The maximum absolute atomic E-state index is 15.3. The molecule has 2 heterocycles. The van der Waals surface area contributed by atoms with E-state index in [1.807, 2.05) is 38.1 Å². The second-order valence-corrected chi connectivity index (χ2v) is 11.4. The molecule has 0 saturated carbocycles. The van der Waals surface area contributed by atoms with Crippen LogP contribution in [-0.4, -0.2) is 32.9 Å². The molecule has 1 aliphatic heterocycles. The third-order valence-electron chi connectivity index (χ3n) is 7.86. The maximum Gasteiger partial charge on any atom is 0.304 e. The zero-order valence-electron chi connectivity index (χ0n) is 23.3. The molecule has 1 aliphatic carbocycles. The lowest BCUT2D eigenvalue weighted by atomic mass is 9.89. The normalized spacial score (nSPS) is 17.7. The Bertz CT molecular complexity index is 1650. The van der Waals surface area contributed by atoms with Crippen LogP contribution in [0.1, 0.15) is 72.4 Å². The number of carboxylic acid groups (broad SMARTS) is 1. The monoisotopic (exact) mass is 558 g/mol. The molecule has 6 rings (SSSR count). The van der Waals surface area contributed by atoms with Crippen LogP contribution in [0.25, 0.3) is 22.5 Å². The molecule has 0 spiro atoms. The van der Waals surface area contributed by atoms with Crippen LogP contribution in [0.15, 0.2) is 47.0 Å². The molecule has 4 aromatic rings. The van der Waals surface area contributed by atoms with E-state index in [4.69, 9.17) is 19.1 Å². The van der Waals surface area contributed by atoms with Crippen molar-refractivity contribution in [2.45, 2.75) is 64.6 Å². The quantitative estimate of drug-likeness (QED) is 0.268. The Balaban J connectivity index is 1.30. The summed E-state index contributed by atoms with van der Waals surface area (Å²) >= 11 is 0. The SMILES string of the molecule is Cc1cc(-c2noc(C(C)(C)O)n2)cc(C)c1-c1ccc(F)c2c1CCC2Oc1ccc2c(c1)OCC2CC(=O)O. The third-order valence-corrected chi connectivity index (χ3v) is 7.86. The maximum atomic E-state index is 15.3. The molecule has 0 fully saturated rings. The Kier molecular flexibility index (Phi) is 6.57. The topological polar surface area (TPSA) is 115 Å². The average molecular weight is 559 g/mol. The number of nitrogens with zero attached hydrogens (tertiary/aromatic N) is 2. The van der Waals surface area contributed by atoms with Gasteiger partial charge in [0.25, 0.3) is 5.89 Å². The number of hydrogen-bond donors (Lipinski definition) is 2. The average Bonchev–Trinajstić information content (AvgIpc) is 3.64. The Morgan fingerprint density at radius 2 is 1.90 bits per heavy atom. The molecular formula is C32H31FN2O6. The van der Waals surface area contributed by atoms with Gasteiger partial charge < -0.3 is 24.2 Å². The zero-order valence-corrected chi connectivity index (χ0v) is 23.3. The van der Waals surface area contributed by atoms with Crippen LogP contribution in [0, 0.1) is 19.7 Å². The van der Waals surface area contributed by atoms with Gasteiger partial charge in [0.1, 0.15) is 29.0 Å². The summed E-state index contributed by atoms with van der Waals surface area (Å²) in [4.78, 5) is 15.5. The summed E-state index contributed by atoms with van der Waals surface area (Å²) in [6.07, 6.45) is 0.837. The van der Waals surface area contributed by atoms with Crippen molar-refractivity contribution in [3.63, 3.8) is 0 Å². The second kappa shape index (κ2) is 9.99. The minimum atomic E-state index is -1.24. The van der Waals surface area contributed by atoms with Crippen LogP contribution >= 0.6 is 0 Å². The Morgan fingerprint density at radius 1 is 1.15 bits per heavy atom. The number of rotatable bonds is 7. The predicted molar refractivity (Wildman–Crippen MR) is 148 cm³/mol. The van der Waals surface area contributed by atoms with Gasteiger partial charge in [0.2, 0.25) is 5.82 Å². The van der Waals surface area contributed by atoms with Crippen LogP contribution < -0.4 is 9.47 Å². The largest absolute Gasteiger partial charge is 0.492 e. The smallest absolute Gasteiger partial charge is 0.304 e. The Hall–Kier alpha value is -4.24. The molecule has 1 aromatic heterocycles. The molecule has 0 amide bonds. The summed E-state index contributed by atoms with van der Waals surface area (Å²) in [5.41, 5.74) is 5.83. The van der Waals surface area contributed by atoms with Crippen molar-refractivity contribution in [2.75, 3.05) is 6.61 Å². The first-order valence-corrected chi connectivity index (χ1v) is 13.6. The van der Waals surface area contributed by atoms with E-state index in [1.165, 1.54) is 6.07 Å². The summed E-state index contributed by atoms with van der Waals surface area (Å²) < 4.78 is 32.6. The summed E-state index contributed by atoms with van der Waals surface area (Å²) in [5.74, 6) is 0.353. The first-order chi connectivity index (χ1) is 19.5. The molecule has 3 aromatic carbocycles. The summed E-state index contributed by atoms with van der Waals surface area (Å²) in [5, 5.41) is 23.4. The molecule has 2 unspecified atom stereocenters. The molecule has 212 valence electrons. The molecule has 0 saturated heterocycles. The highest BCUT2D eigenvalue weighted by Gasteiger charge is 2.32. The van der Waals surface area contributed by atoms with Gasteiger partial charge in [0.05, 0.1) is 13.0 Å². The molecule has 0 bridgehead atoms. The molecule has 0 radical (unpaired) electrons. The number of fused-ring (bicyclic) bond motifs is 2. The van der Waals surface area contributed by atoms with Crippen molar-refractivity contribution < 1.29 is 33.4 Å². The number of aryl methyl sites for hydroxylation is 2. The van der Waals surface area contributed by atoms with Gasteiger partial charge in [-0.3, -0.25) is 4.79 Å². The van der Waals surface area contributed by atoms with Crippen LogP contribution in [0.4, 0.5) is 4.39 Å². The van der Waals surface area contributed by atoms with E-state index >= 15 is 4.39 Å². The summed E-state index contributed by atoms with van der Waals surface area (Å²) in [7, 11) is 0. The van der Waals surface area contributed by atoms with Crippen molar-refractivity contribution in [3.8, 4) is 34.0 Å². The van der Waals surface area contributed by atoms with Gasteiger partial charge in [-0.2, -0.15) is 4.98 Å². The number of carbonyl (C=O) groups is 1. The van der Waals surface area contributed by atoms with Gasteiger partial charge in [-0.25, -0.2) is 4.39 Å². The van der Waals surface area contributed by atoms with Crippen LogP contribution in [-0.2, 0) is 16.8 Å². The van der Waals surface area contributed by atoms with Crippen molar-refractivity contribution in [2.24, 2.45) is 0 Å². The second-order valence-electron chi connectivity index (χ2n) is 11.4. The molecule has 2 aliphatic rings. The first kappa shape index (κ1) is 27.0. The highest BCUT2D eigenvalue weighted by atomic mass is 19.1. The fraction of sp³-hybridized carbons (Fsp3) is 0.344. The standard InChI is InChI=1S/C32H31FN2O6/c1-16-11-18(30-34-31(41-35-30)32(3,4)38)12-17(2)28(16)22-7-9-24(33)29-23(22)8-10-25(29)40-20-5-6-21-19(13-27(36)37)15-39-26(21)14-20/h5-7,9,11-12,14,19,25,38H,8,10,13,15H2,1-4H3,(H,36,37). The van der Waals surface area contributed by atoms with Gasteiger partial charge in [-0.05, 0) is 92.6 Å². The number of aliphatic hydroxyl groups is 1. The van der Waals surface area contributed by atoms with Gasteiger partial charge in [0, 0.05) is 28.7 Å². The first-order valence-electron chi connectivity index (χ1n) is 13.6. The minimum absolute atomic E-state index is 0.00792. The molecule has 2 atom stereocenters. The highest BCUT2D eigenvalue weighted by molar-refractivity contribution is 5.78. The fourth-order valence-corrected chi connectivity index (χ4v) is 6.01. The van der Waals surface area contributed by atoms with Gasteiger partial charge >= 0.3 is 5.97 Å². The molecule has 2 N–H and O–H groups in total. The number of hydrogen-bond acceptors (Lipinski definition) is 7. The highest BCUT2D eigenvalue weighted by Crippen LogP contribution is 2.45. The summed E-state index contributed by atoms with van der Waals surface area (Å²) in [6, 6.07) is 12.7. The Labute approximate surface area is 236 Å². The van der Waals surface area contributed by atoms with Crippen LogP contribution in [0.3, 0.4) is 0 Å². The summed E-state index contributed by atoms with van der Waals surface area (Å²) in [6.45, 7) is 7.51. The molecule has 8 nitrogen and oxygen atoms in total. The molecule has 41 heavy (non-hydrogen) atoms. The van der Waals surface area contributed by atoms with E-state index in [9.17, 15) is 9.90 Å². The molecular weight excluding hydrogens is 527 g/mol. The number of halogens is 1. The van der Waals surface area contributed by atoms with Crippen molar-refractivity contribution >= 4 is 5.97 Å². The number of carboxylic acids is 1. The van der Waals surface area contributed by atoms with E-state index in [2.05, 4.69) is 10.1 Å². The lowest BCUT2D eigenvalue weighted by Gasteiger charge is -2.19. The van der Waals surface area contributed by atoms with Crippen molar-refractivity contribution in [1.82, 2.24) is 10.1 Å². The van der Waals surface area contributed by atoms with E-state index < -0.39 is 17.7 Å². The fourth-order valence-electron chi connectivity index (χ4n) is 6.01. The lowest BCUT2D eigenvalue weighted by Crippen LogP contribution is -2.15. The van der Waals surface area contributed by atoms with Crippen molar-refractivity contribution in [3.05, 3.63) is 82.0 Å². The van der Waals surface area contributed by atoms with E-state index in [1.54, 1.807) is 26.0 Å². The van der Waals surface area contributed by atoms with Gasteiger partial charge in [-0.15, -0.1) is 0 Å². The van der Waals surface area contributed by atoms with E-state index in [-0.39, 0.29) is 24.0 Å². The van der Waals surface area contributed by atoms with Gasteiger partial charge in [0.15, 0.2) is 0 Å². The Morgan fingerprint density at radius 3 is 2.59 bits per heavy atom. The zero-order chi connectivity index (χ0) is 29.1. The predicted octanol–water partition coefficient (Wildman–Crippen LogP) is 6.40.